The van der Waals surface area contributed by atoms with Gasteiger partial charge in [0, 0.05) is 29.3 Å². The minimum absolute atomic E-state index is 0.0907. The van der Waals surface area contributed by atoms with Gasteiger partial charge in [0.2, 0.25) is 0 Å². The standard InChI is InChI=1S/C14H20BrNO/c1-5-10(2)9-16(4)12-6-7-13(11(3)17)14(15)8-12/h6-8,10H,5,9H2,1-4H3. The van der Waals surface area contributed by atoms with E-state index in [-0.39, 0.29) is 5.78 Å². The fraction of sp³-hybridized carbons (Fsp3) is 0.500. The van der Waals surface area contributed by atoms with Crippen LogP contribution in [0.25, 0.3) is 0 Å². The molecule has 0 fully saturated rings. The molecule has 1 aromatic rings. The molecule has 94 valence electrons. The lowest BCUT2D eigenvalue weighted by Crippen LogP contribution is -2.23. The summed E-state index contributed by atoms with van der Waals surface area (Å²) < 4.78 is 0.874. The largest absolute Gasteiger partial charge is 0.374 e. The zero-order chi connectivity index (χ0) is 13.0. The lowest BCUT2D eigenvalue weighted by Gasteiger charge is -2.23. The third-order valence-electron chi connectivity index (χ3n) is 3.06. The second-order valence-electron chi connectivity index (χ2n) is 4.61. The van der Waals surface area contributed by atoms with Gasteiger partial charge in [0.05, 0.1) is 0 Å². The fourth-order valence-corrected chi connectivity index (χ4v) is 2.37. The molecule has 1 aromatic carbocycles. The topological polar surface area (TPSA) is 20.3 Å². The summed E-state index contributed by atoms with van der Waals surface area (Å²) >= 11 is 3.45. The van der Waals surface area contributed by atoms with Crippen molar-refractivity contribution in [1.82, 2.24) is 0 Å². The molecule has 2 nitrogen and oxygen atoms in total. The fourth-order valence-electron chi connectivity index (χ4n) is 1.73. The van der Waals surface area contributed by atoms with Crippen LogP contribution in [0.1, 0.15) is 37.6 Å². The van der Waals surface area contributed by atoms with Gasteiger partial charge in [-0.25, -0.2) is 0 Å². The van der Waals surface area contributed by atoms with E-state index in [1.165, 1.54) is 6.42 Å². The minimum atomic E-state index is 0.0907. The van der Waals surface area contributed by atoms with Crippen molar-refractivity contribution in [2.45, 2.75) is 27.2 Å². The lowest BCUT2D eigenvalue weighted by atomic mass is 10.1. The number of halogens is 1. The van der Waals surface area contributed by atoms with Crippen LogP contribution in [0.3, 0.4) is 0 Å². The van der Waals surface area contributed by atoms with Crippen molar-refractivity contribution in [3.63, 3.8) is 0 Å². The average Bonchev–Trinajstić information content (AvgIpc) is 2.28. The Morgan fingerprint density at radius 1 is 1.47 bits per heavy atom. The maximum atomic E-state index is 11.3. The predicted octanol–water partition coefficient (Wildman–Crippen LogP) is 4.13. The maximum absolute atomic E-state index is 11.3. The number of rotatable bonds is 5. The first-order chi connectivity index (χ1) is 7.95. The summed E-state index contributed by atoms with van der Waals surface area (Å²) in [6, 6.07) is 5.90. The first-order valence-corrected chi connectivity index (χ1v) is 6.76. The Balaban J connectivity index is 2.86. The summed E-state index contributed by atoms with van der Waals surface area (Å²) in [7, 11) is 2.08. The Labute approximate surface area is 112 Å². The van der Waals surface area contributed by atoms with Gasteiger partial charge in [-0.05, 0) is 47.0 Å². The monoisotopic (exact) mass is 297 g/mol. The summed E-state index contributed by atoms with van der Waals surface area (Å²) in [5.74, 6) is 0.763. The Bertz CT molecular complexity index is 403. The molecule has 17 heavy (non-hydrogen) atoms. The number of benzene rings is 1. The molecule has 1 atom stereocenters. The van der Waals surface area contributed by atoms with Crippen molar-refractivity contribution in [1.29, 1.82) is 0 Å². The van der Waals surface area contributed by atoms with Crippen LogP contribution in [0.15, 0.2) is 22.7 Å². The Kier molecular flexibility index (Phi) is 5.19. The van der Waals surface area contributed by atoms with Gasteiger partial charge in [0.15, 0.2) is 5.78 Å². The molecule has 0 aromatic heterocycles. The normalized spacial score (nSPS) is 12.3. The molecule has 0 bridgehead atoms. The zero-order valence-corrected chi connectivity index (χ0v) is 12.5. The first kappa shape index (κ1) is 14.2. The lowest BCUT2D eigenvalue weighted by molar-refractivity contribution is 0.101. The van der Waals surface area contributed by atoms with Crippen molar-refractivity contribution >= 4 is 27.4 Å². The molecule has 1 unspecified atom stereocenters. The smallest absolute Gasteiger partial charge is 0.160 e. The molecule has 0 saturated heterocycles. The van der Waals surface area contributed by atoms with Crippen LogP contribution in [-0.2, 0) is 0 Å². The van der Waals surface area contributed by atoms with Crippen molar-refractivity contribution in [3.05, 3.63) is 28.2 Å². The third-order valence-corrected chi connectivity index (χ3v) is 3.71. The van der Waals surface area contributed by atoms with E-state index in [0.29, 0.717) is 5.92 Å². The minimum Gasteiger partial charge on any atom is -0.374 e. The molecule has 0 heterocycles. The summed E-state index contributed by atoms with van der Waals surface area (Å²) in [6.07, 6.45) is 1.18. The molecule has 3 heteroatoms. The number of carbonyl (C=O) groups is 1. The molecule has 0 amide bonds. The highest BCUT2D eigenvalue weighted by molar-refractivity contribution is 9.10. The van der Waals surface area contributed by atoms with Crippen molar-refractivity contribution in [3.8, 4) is 0 Å². The van der Waals surface area contributed by atoms with Gasteiger partial charge in [0.1, 0.15) is 0 Å². The van der Waals surface area contributed by atoms with Gasteiger partial charge in [-0.3, -0.25) is 4.79 Å². The van der Waals surface area contributed by atoms with Gasteiger partial charge in [-0.2, -0.15) is 0 Å². The molecule has 0 aliphatic rings. The molecule has 0 aliphatic heterocycles. The zero-order valence-electron chi connectivity index (χ0n) is 11.0. The van der Waals surface area contributed by atoms with E-state index in [1.807, 2.05) is 18.2 Å². The SMILES string of the molecule is CCC(C)CN(C)c1ccc(C(C)=O)c(Br)c1. The molecule has 1 rings (SSSR count). The average molecular weight is 298 g/mol. The van der Waals surface area contributed by atoms with E-state index in [0.717, 1.165) is 22.3 Å². The van der Waals surface area contributed by atoms with Gasteiger partial charge in [0.25, 0.3) is 0 Å². The number of Topliss-reactive ketones (excluding diaryl/α,β-unsaturated/α-hetero) is 1. The van der Waals surface area contributed by atoms with E-state index >= 15 is 0 Å². The summed E-state index contributed by atoms with van der Waals surface area (Å²) in [6.45, 7) is 7.06. The van der Waals surface area contributed by atoms with E-state index in [9.17, 15) is 4.79 Å². The number of hydrogen-bond donors (Lipinski definition) is 0. The van der Waals surface area contributed by atoms with Gasteiger partial charge < -0.3 is 4.90 Å². The maximum Gasteiger partial charge on any atom is 0.160 e. The molecule has 0 saturated carbocycles. The van der Waals surface area contributed by atoms with Gasteiger partial charge in [-0.15, -0.1) is 0 Å². The second kappa shape index (κ2) is 6.20. The van der Waals surface area contributed by atoms with E-state index in [2.05, 4.69) is 41.7 Å². The van der Waals surface area contributed by atoms with Crippen LogP contribution < -0.4 is 4.90 Å². The summed E-state index contributed by atoms with van der Waals surface area (Å²) in [5.41, 5.74) is 1.88. The van der Waals surface area contributed by atoms with Gasteiger partial charge in [-0.1, -0.05) is 20.3 Å². The highest BCUT2D eigenvalue weighted by Crippen LogP contribution is 2.24. The Morgan fingerprint density at radius 3 is 2.59 bits per heavy atom. The van der Waals surface area contributed by atoms with E-state index < -0.39 is 0 Å². The summed E-state index contributed by atoms with van der Waals surface area (Å²) in [5, 5.41) is 0. The Hall–Kier alpha value is -0.830. The molecular formula is C14H20BrNO. The van der Waals surface area contributed by atoms with Gasteiger partial charge >= 0.3 is 0 Å². The highest BCUT2D eigenvalue weighted by atomic mass is 79.9. The van der Waals surface area contributed by atoms with Crippen molar-refractivity contribution in [2.75, 3.05) is 18.5 Å². The number of carbonyl (C=O) groups excluding carboxylic acids is 1. The first-order valence-electron chi connectivity index (χ1n) is 5.97. The number of anilines is 1. The Morgan fingerprint density at radius 2 is 2.12 bits per heavy atom. The molecule has 0 aliphatic carbocycles. The molecule has 0 N–H and O–H groups in total. The predicted molar refractivity (Wildman–Crippen MR) is 76.9 cm³/mol. The van der Waals surface area contributed by atoms with Crippen LogP contribution >= 0.6 is 15.9 Å². The number of hydrogen-bond acceptors (Lipinski definition) is 2. The summed E-state index contributed by atoms with van der Waals surface area (Å²) in [4.78, 5) is 13.6. The quantitative estimate of drug-likeness (QED) is 0.762. The van der Waals surface area contributed by atoms with E-state index in [4.69, 9.17) is 0 Å². The van der Waals surface area contributed by atoms with Crippen LogP contribution in [0.4, 0.5) is 5.69 Å². The third kappa shape index (κ3) is 3.84. The highest BCUT2D eigenvalue weighted by Gasteiger charge is 2.09. The second-order valence-corrected chi connectivity index (χ2v) is 5.47. The number of nitrogens with zero attached hydrogens (tertiary/aromatic N) is 1. The molecule has 0 spiro atoms. The van der Waals surface area contributed by atoms with Crippen LogP contribution in [0.2, 0.25) is 0 Å². The van der Waals surface area contributed by atoms with Crippen LogP contribution in [0.5, 0.6) is 0 Å². The van der Waals surface area contributed by atoms with Crippen LogP contribution in [-0.4, -0.2) is 19.4 Å². The van der Waals surface area contributed by atoms with Crippen LogP contribution in [0, 0.1) is 5.92 Å². The molecular weight excluding hydrogens is 278 g/mol. The van der Waals surface area contributed by atoms with E-state index in [1.54, 1.807) is 6.92 Å². The molecule has 0 radical (unpaired) electrons. The number of ketones is 1. The van der Waals surface area contributed by atoms with Crippen molar-refractivity contribution in [2.24, 2.45) is 5.92 Å². The van der Waals surface area contributed by atoms with Crippen molar-refractivity contribution < 1.29 is 4.79 Å².